The first kappa shape index (κ1) is 16.3. The molecule has 3 nitrogen and oxygen atoms in total. The first-order chi connectivity index (χ1) is 11.0. The molecule has 2 aromatic carbocycles. The molecule has 3 rings (SSSR count). The van der Waals surface area contributed by atoms with Gasteiger partial charge in [-0.05, 0) is 23.3 Å². The van der Waals surface area contributed by atoms with Gasteiger partial charge in [0.2, 0.25) is 0 Å². The largest absolute Gasteiger partial charge is 0.481 e. The minimum Gasteiger partial charge on any atom is -0.481 e. The van der Waals surface area contributed by atoms with E-state index in [1.54, 1.807) is 12.1 Å². The van der Waals surface area contributed by atoms with E-state index in [-0.39, 0.29) is 5.92 Å². The highest BCUT2D eigenvalue weighted by molar-refractivity contribution is 6.35. The van der Waals surface area contributed by atoms with Crippen LogP contribution in [0.25, 0.3) is 0 Å². The third kappa shape index (κ3) is 3.69. The van der Waals surface area contributed by atoms with Crippen molar-refractivity contribution in [3.63, 3.8) is 0 Å². The topological polar surface area (TPSA) is 40.5 Å². The smallest absolute Gasteiger partial charge is 0.308 e. The van der Waals surface area contributed by atoms with E-state index in [4.69, 9.17) is 23.2 Å². The molecule has 0 spiro atoms. The standard InChI is InChI=1S/C18H17Cl2NO2/c19-13-6-7-14(17(20)8-13)15-10-21(11-16(15)18(22)23)9-12-4-2-1-3-5-12/h1-8,15-16H,9-11H2,(H,22,23)/t15-,16+/m1/s1. The Balaban J connectivity index is 1.83. The van der Waals surface area contributed by atoms with E-state index in [0.29, 0.717) is 23.1 Å². The van der Waals surface area contributed by atoms with Crippen LogP contribution in [0.2, 0.25) is 10.0 Å². The first-order valence-corrected chi connectivity index (χ1v) is 8.24. The third-order valence-electron chi connectivity index (χ3n) is 4.32. The van der Waals surface area contributed by atoms with Crippen molar-refractivity contribution in [3.8, 4) is 0 Å². The summed E-state index contributed by atoms with van der Waals surface area (Å²) in [6.45, 7) is 1.94. The van der Waals surface area contributed by atoms with Gasteiger partial charge in [-0.25, -0.2) is 0 Å². The zero-order chi connectivity index (χ0) is 16.4. The molecule has 0 saturated carbocycles. The fourth-order valence-corrected chi connectivity index (χ4v) is 3.77. The number of aliphatic carboxylic acids is 1. The van der Waals surface area contributed by atoms with E-state index in [2.05, 4.69) is 17.0 Å². The Labute approximate surface area is 145 Å². The van der Waals surface area contributed by atoms with Crippen LogP contribution in [0, 0.1) is 5.92 Å². The van der Waals surface area contributed by atoms with Gasteiger partial charge in [0.25, 0.3) is 0 Å². The molecule has 0 radical (unpaired) electrons. The quantitative estimate of drug-likeness (QED) is 0.894. The number of carboxylic acids is 1. The van der Waals surface area contributed by atoms with Gasteiger partial charge in [0.05, 0.1) is 5.92 Å². The van der Waals surface area contributed by atoms with Crippen LogP contribution in [0.4, 0.5) is 0 Å². The van der Waals surface area contributed by atoms with Crippen LogP contribution in [0.1, 0.15) is 17.0 Å². The molecule has 1 heterocycles. The minimum atomic E-state index is -0.781. The molecule has 0 aliphatic carbocycles. The van der Waals surface area contributed by atoms with Gasteiger partial charge in [0.1, 0.15) is 0 Å². The van der Waals surface area contributed by atoms with E-state index in [0.717, 1.165) is 12.1 Å². The lowest BCUT2D eigenvalue weighted by molar-refractivity contribution is -0.141. The Hall–Kier alpha value is -1.55. The average molecular weight is 350 g/mol. The second kappa shape index (κ2) is 6.91. The van der Waals surface area contributed by atoms with Crippen molar-refractivity contribution in [3.05, 3.63) is 69.7 Å². The molecule has 1 N–H and O–H groups in total. The molecular formula is C18H17Cl2NO2. The van der Waals surface area contributed by atoms with Crippen LogP contribution in [-0.2, 0) is 11.3 Å². The van der Waals surface area contributed by atoms with E-state index in [1.807, 2.05) is 24.3 Å². The molecule has 1 saturated heterocycles. The first-order valence-electron chi connectivity index (χ1n) is 7.48. The van der Waals surface area contributed by atoms with E-state index in [1.165, 1.54) is 5.56 Å². The predicted octanol–water partition coefficient (Wildman–Crippen LogP) is 4.29. The number of carboxylic acid groups (broad SMARTS) is 1. The van der Waals surface area contributed by atoms with Crippen molar-refractivity contribution in [1.82, 2.24) is 4.90 Å². The van der Waals surface area contributed by atoms with Crippen molar-refractivity contribution in [2.45, 2.75) is 12.5 Å². The number of likely N-dealkylation sites (tertiary alicyclic amines) is 1. The normalized spacial score (nSPS) is 21.5. The summed E-state index contributed by atoms with van der Waals surface area (Å²) in [5.41, 5.74) is 2.04. The zero-order valence-corrected chi connectivity index (χ0v) is 14.0. The molecule has 0 unspecified atom stereocenters. The second-order valence-electron chi connectivity index (χ2n) is 5.90. The Morgan fingerprint density at radius 1 is 1.13 bits per heavy atom. The number of nitrogens with zero attached hydrogens (tertiary/aromatic N) is 1. The van der Waals surface area contributed by atoms with Crippen LogP contribution in [-0.4, -0.2) is 29.1 Å². The number of carbonyl (C=O) groups is 1. The molecular weight excluding hydrogens is 333 g/mol. The SMILES string of the molecule is O=C(O)[C@H]1CN(Cc2ccccc2)C[C@@H]1c1ccc(Cl)cc1Cl. The van der Waals surface area contributed by atoms with Gasteiger partial charge in [-0.1, -0.05) is 59.6 Å². The van der Waals surface area contributed by atoms with Gasteiger partial charge in [-0.2, -0.15) is 0 Å². The van der Waals surface area contributed by atoms with Crippen LogP contribution in [0.3, 0.4) is 0 Å². The van der Waals surface area contributed by atoms with Gasteiger partial charge in [0, 0.05) is 35.6 Å². The molecule has 5 heteroatoms. The summed E-state index contributed by atoms with van der Waals surface area (Å²) in [5.74, 6) is -1.37. The Morgan fingerprint density at radius 2 is 1.87 bits per heavy atom. The van der Waals surface area contributed by atoms with Crippen LogP contribution >= 0.6 is 23.2 Å². The molecule has 1 aliphatic rings. The van der Waals surface area contributed by atoms with Gasteiger partial charge in [-0.3, -0.25) is 9.69 Å². The number of rotatable bonds is 4. The van der Waals surface area contributed by atoms with E-state index < -0.39 is 11.9 Å². The Bertz CT molecular complexity index is 705. The lowest BCUT2D eigenvalue weighted by Crippen LogP contribution is -2.23. The number of benzene rings is 2. The van der Waals surface area contributed by atoms with Crippen molar-refractivity contribution in [2.24, 2.45) is 5.92 Å². The molecule has 0 amide bonds. The average Bonchev–Trinajstić information content (AvgIpc) is 2.92. The third-order valence-corrected chi connectivity index (χ3v) is 4.89. The van der Waals surface area contributed by atoms with Gasteiger partial charge < -0.3 is 5.11 Å². The molecule has 2 aromatic rings. The zero-order valence-electron chi connectivity index (χ0n) is 12.5. The highest BCUT2D eigenvalue weighted by Crippen LogP contribution is 2.38. The second-order valence-corrected chi connectivity index (χ2v) is 6.74. The van der Waals surface area contributed by atoms with E-state index in [9.17, 15) is 9.90 Å². The molecule has 1 fully saturated rings. The monoisotopic (exact) mass is 349 g/mol. The summed E-state index contributed by atoms with van der Waals surface area (Å²) in [5, 5.41) is 10.7. The number of hydrogen-bond acceptors (Lipinski definition) is 2. The van der Waals surface area contributed by atoms with Crippen LogP contribution < -0.4 is 0 Å². The van der Waals surface area contributed by atoms with Gasteiger partial charge in [-0.15, -0.1) is 0 Å². The minimum absolute atomic E-state index is 0.124. The molecule has 120 valence electrons. The summed E-state index contributed by atoms with van der Waals surface area (Å²) in [4.78, 5) is 13.8. The molecule has 0 bridgehead atoms. The van der Waals surface area contributed by atoms with E-state index >= 15 is 0 Å². The molecule has 23 heavy (non-hydrogen) atoms. The summed E-state index contributed by atoms with van der Waals surface area (Å²) in [6, 6.07) is 15.4. The van der Waals surface area contributed by atoms with Crippen molar-refractivity contribution in [1.29, 1.82) is 0 Å². The predicted molar refractivity (Wildman–Crippen MR) is 92.0 cm³/mol. The summed E-state index contributed by atoms with van der Waals surface area (Å²) in [7, 11) is 0. The Morgan fingerprint density at radius 3 is 2.52 bits per heavy atom. The van der Waals surface area contributed by atoms with Crippen molar-refractivity contribution < 1.29 is 9.90 Å². The molecule has 1 aliphatic heterocycles. The maximum absolute atomic E-state index is 11.7. The fourth-order valence-electron chi connectivity index (χ4n) is 3.22. The van der Waals surface area contributed by atoms with Crippen molar-refractivity contribution >= 4 is 29.2 Å². The highest BCUT2D eigenvalue weighted by Gasteiger charge is 2.39. The van der Waals surface area contributed by atoms with Gasteiger partial charge >= 0.3 is 5.97 Å². The summed E-state index contributed by atoms with van der Waals surface area (Å²) >= 11 is 12.2. The number of halogens is 2. The molecule has 2 atom stereocenters. The molecule has 0 aromatic heterocycles. The lowest BCUT2D eigenvalue weighted by Gasteiger charge is -2.17. The fraction of sp³-hybridized carbons (Fsp3) is 0.278. The Kier molecular flexibility index (Phi) is 4.90. The summed E-state index contributed by atoms with van der Waals surface area (Å²) in [6.07, 6.45) is 0. The highest BCUT2D eigenvalue weighted by atomic mass is 35.5. The van der Waals surface area contributed by atoms with Gasteiger partial charge in [0.15, 0.2) is 0 Å². The van der Waals surface area contributed by atoms with Crippen LogP contribution in [0.5, 0.6) is 0 Å². The maximum Gasteiger partial charge on any atom is 0.308 e. The maximum atomic E-state index is 11.7. The number of hydrogen-bond donors (Lipinski definition) is 1. The van der Waals surface area contributed by atoms with Crippen molar-refractivity contribution in [2.75, 3.05) is 13.1 Å². The summed E-state index contributed by atoms with van der Waals surface area (Å²) < 4.78 is 0. The van der Waals surface area contributed by atoms with Crippen LogP contribution in [0.15, 0.2) is 48.5 Å². The lowest BCUT2D eigenvalue weighted by atomic mass is 9.89.